The Bertz CT molecular complexity index is 1130. The molecule has 3 nitrogen and oxygen atoms in total. The summed E-state index contributed by atoms with van der Waals surface area (Å²) in [6.45, 7) is 21.1. The number of allylic oxidation sites excluding steroid dienone is 3. The minimum Gasteiger partial charge on any atom is -0.366 e. The maximum absolute atomic E-state index is 12.1. The van der Waals surface area contributed by atoms with Crippen molar-refractivity contribution < 1.29 is 9.59 Å². The van der Waals surface area contributed by atoms with Gasteiger partial charge in [0.05, 0.1) is 10.9 Å². The first-order valence-corrected chi connectivity index (χ1v) is 16.7. The molecule has 1 atom stereocenters. The lowest BCUT2D eigenvalue weighted by molar-refractivity contribution is -0.128. The number of hydrogen-bond donors (Lipinski definition) is 0. The van der Waals surface area contributed by atoms with Crippen molar-refractivity contribution in [1.82, 2.24) is 4.90 Å². The average Bonchev–Trinajstić information content (AvgIpc) is 3.18. The van der Waals surface area contributed by atoms with Crippen LogP contribution in [0.2, 0.25) is 0 Å². The van der Waals surface area contributed by atoms with Gasteiger partial charge in [0.25, 0.3) is 0 Å². The third-order valence-corrected chi connectivity index (χ3v) is 10.1. The van der Waals surface area contributed by atoms with Gasteiger partial charge in [0, 0.05) is 26.4 Å². The summed E-state index contributed by atoms with van der Waals surface area (Å²) in [7, 11) is 0. The molecule has 0 spiro atoms. The molecule has 0 saturated carbocycles. The zero-order valence-electron chi connectivity index (χ0n) is 26.4. The highest BCUT2D eigenvalue weighted by Crippen LogP contribution is 2.47. The first-order chi connectivity index (χ1) is 19.5. The number of Topliss-reactive ketones (excluding diaryl/α,β-unsaturated/α-hetero) is 2. The van der Waals surface area contributed by atoms with E-state index < -0.39 is 5.92 Å². The molecule has 2 aliphatic rings. The standard InChI is InChI=1S/C37H53NO2S/c1-8-16-34(40)31(28(3)39)18-13-11-10-12-14-25-38(24-9-2)35-19-15-17-30(27-41-35)29-20-21-32-33(26-29)37(6,7)23-22-36(32,4)5/h8,16,19-21,26-27,31H,1,3,9-15,17-18,22-25H2,2,4-7H3. The van der Waals surface area contributed by atoms with E-state index in [1.165, 1.54) is 52.6 Å². The number of carbonyl (C=O) groups is 2. The highest BCUT2D eigenvalue weighted by atomic mass is 32.2. The van der Waals surface area contributed by atoms with Crippen LogP contribution in [-0.2, 0) is 20.4 Å². The van der Waals surface area contributed by atoms with Crippen molar-refractivity contribution in [2.45, 2.75) is 116 Å². The summed E-state index contributed by atoms with van der Waals surface area (Å²) < 4.78 is 0. The quantitative estimate of drug-likeness (QED) is 0.145. The fraction of sp³-hybridized carbons (Fsp3) is 0.568. The summed E-state index contributed by atoms with van der Waals surface area (Å²) in [4.78, 5) is 26.4. The summed E-state index contributed by atoms with van der Waals surface area (Å²) in [5.41, 5.74) is 6.41. The van der Waals surface area contributed by atoms with Crippen molar-refractivity contribution in [1.29, 1.82) is 0 Å². The maximum atomic E-state index is 12.1. The molecule has 2 radical (unpaired) electrons. The van der Waals surface area contributed by atoms with E-state index in [9.17, 15) is 9.59 Å². The van der Waals surface area contributed by atoms with Crippen molar-refractivity contribution in [3.8, 4) is 0 Å². The third kappa shape index (κ3) is 9.21. The van der Waals surface area contributed by atoms with Gasteiger partial charge in [-0.15, -0.1) is 6.58 Å². The Hall–Kier alpha value is -2.07. The highest BCUT2D eigenvalue weighted by Gasteiger charge is 2.37. The lowest BCUT2D eigenvalue weighted by Gasteiger charge is -2.42. The number of thioether (sulfide) groups is 1. The van der Waals surface area contributed by atoms with Crippen LogP contribution in [0.4, 0.5) is 0 Å². The van der Waals surface area contributed by atoms with E-state index in [2.05, 4.69) is 82.7 Å². The molecule has 0 aromatic heterocycles. The SMILES string of the molecule is [CH2]C(=O)C(CCCCCCCN(CCC)C1=CCCC(c2ccc3c(c2)C(C)(C)CCC3(C)C)=CS1)C(=O)[CH]C=C. The number of unbranched alkanes of at least 4 members (excludes halogenated alkanes) is 4. The van der Waals surface area contributed by atoms with Crippen LogP contribution in [0.25, 0.3) is 5.57 Å². The van der Waals surface area contributed by atoms with Gasteiger partial charge in [0.1, 0.15) is 5.78 Å². The van der Waals surface area contributed by atoms with Crippen molar-refractivity contribution in [2.75, 3.05) is 13.1 Å². The molecule has 0 fully saturated rings. The Morgan fingerprint density at radius 3 is 2.37 bits per heavy atom. The summed E-state index contributed by atoms with van der Waals surface area (Å²) in [6.07, 6.45) is 17.0. The van der Waals surface area contributed by atoms with E-state index in [1.54, 1.807) is 0 Å². The van der Waals surface area contributed by atoms with Gasteiger partial charge in [-0.3, -0.25) is 9.59 Å². The molecule has 4 heteroatoms. The molecule has 1 aromatic carbocycles. The van der Waals surface area contributed by atoms with Crippen LogP contribution in [-0.4, -0.2) is 29.6 Å². The van der Waals surface area contributed by atoms with Crippen LogP contribution in [0.5, 0.6) is 0 Å². The minimum absolute atomic E-state index is 0.166. The highest BCUT2D eigenvalue weighted by molar-refractivity contribution is 8.05. The number of rotatable bonds is 16. The van der Waals surface area contributed by atoms with Gasteiger partial charge in [0.2, 0.25) is 0 Å². The molecule has 1 heterocycles. The topological polar surface area (TPSA) is 37.4 Å². The van der Waals surface area contributed by atoms with Crippen molar-refractivity contribution in [3.63, 3.8) is 0 Å². The number of benzene rings is 1. The molecule has 0 amide bonds. The van der Waals surface area contributed by atoms with Crippen LogP contribution in [0.3, 0.4) is 0 Å². The second-order valence-electron chi connectivity index (χ2n) is 13.2. The predicted molar refractivity (Wildman–Crippen MR) is 178 cm³/mol. The number of hydrogen-bond acceptors (Lipinski definition) is 4. The first kappa shape index (κ1) is 33.4. The van der Waals surface area contributed by atoms with Crippen LogP contribution in [0, 0.1) is 19.3 Å². The lowest BCUT2D eigenvalue weighted by Crippen LogP contribution is -2.33. The summed E-state index contributed by atoms with van der Waals surface area (Å²) in [5.74, 6) is -1.06. The lowest BCUT2D eigenvalue weighted by atomic mass is 9.63. The van der Waals surface area contributed by atoms with Crippen molar-refractivity contribution >= 4 is 28.9 Å². The van der Waals surface area contributed by atoms with Gasteiger partial charge in [-0.25, -0.2) is 0 Å². The van der Waals surface area contributed by atoms with Crippen molar-refractivity contribution in [2.24, 2.45) is 5.92 Å². The molecule has 1 aliphatic heterocycles. The van der Waals surface area contributed by atoms with E-state index >= 15 is 0 Å². The predicted octanol–water partition coefficient (Wildman–Crippen LogP) is 9.78. The van der Waals surface area contributed by atoms with Crippen LogP contribution in [0.1, 0.15) is 122 Å². The minimum atomic E-state index is -0.607. The summed E-state index contributed by atoms with van der Waals surface area (Å²) in [6, 6.07) is 7.28. The first-order valence-electron chi connectivity index (χ1n) is 15.8. The Morgan fingerprint density at radius 2 is 1.68 bits per heavy atom. The van der Waals surface area contributed by atoms with E-state index in [1.807, 2.05) is 11.8 Å². The van der Waals surface area contributed by atoms with E-state index in [-0.39, 0.29) is 22.4 Å². The Morgan fingerprint density at radius 1 is 1.00 bits per heavy atom. The number of ketones is 2. The Balaban J connectivity index is 1.53. The molecule has 0 bridgehead atoms. The van der Waals surface area contributed by atoms with E-state index in [4.69, 9.17) is 0 Å². The average molecular weight is 576 g/mol. The Kier molecular flexibility index (Phi) is 12.6. The number of fused-ring (bicyclic) bond motifs is 1. The fourth-order valence-electron chi connectivity index (χ4n) is 6.27. The molecule has 1 unspecified atom stereocenters. The monoisotopic (exact) mass is 575 g/mol. The molecule has 0 saturated heterocycles. The Labute approximate surface area is 255 Å². The van der Waals surface area contributed by atoms with Crippen LogP contribution in [0.15, 0.2) is 47.4 Å². The van der Waals surface area contributed by atoms with Gasteiger partial charge in [-0.2, -0.15) is 0 Å². The molecule has 41 heavy (non-hydrogen) atoms. The van der Waals surface area contributed by atoms with Gasteiger partial charge in [-0.05, 0) is 83.4 Å². The molecule has 224 valence electrons. The molecule has 0 N–H and O–H groups in total. The second-order valence-corrected chi connectivity index (χ2v) is 14.1. The molecule has 1 aromatic rings. The van der Waals surface area contributed by atoms with Gasteiger partial charge >= 0.3 is 0 Å². The summed E-state index contributed by atoms with van der Waals surface area (Å²) >= 11 is 1.90. The van der Waals surface area contributed by atoms with Crippen LogP contribution < -0.4 is 0 Å². The summed E-state index contributed by atoms with van der Waals surface area (Å²) in [5, 5.41) is 3.81. The van der Waals surface area contributed by atoms with E-state index in [0.717, 1.165) is 64.5 Å². The van der Waals surface area contributed by atoms with Crippen molar-refractivity contribution in [3.05, 3.63) is 77.4 Å². The van der Waals surface area contributed by atoms with E-state index in [0.29, 0.717) is 6.42 Å². The largest absolute Gasteiger partial charge is 0.366 e. The second kappa shape index (κ2) is 15.4. The molecule has 1 aliphatic carbocycles. The van der Waals surface area contributed by atoms with Crippen LogP contribution >= 0.6 is 11.8 Å². The smallest absolute Gasteiger partial charge is 0.151 e. The molecular formula is C37H53NO2S. The third-order valence-electron chi connectivity index (χ3n) is 9.02. The van der Waals surface area contributed by atoms with Gasteiger partial charge in [-0.1, -0.05) is 102 Å². The zero-order valence-corrected chi connectivity index (χ0v) is 27.2. The maximum Gasteiger partial charge on any atom is 0.151 e. The number of carbonyl (C=O) groups excluding carboxylic acids is 2. The van der Waals surface area contributed by atoms with Gasteiger partial charge < -0.3 is 4.90 Å². The molecular weight excluding hydrogens is 522 g/mol. The molecule has 3 rings (SSSR count). The normalized spacial score (nSPS) is 18.4. The zero-order chi connectivity index (χ0) is 30.0. The number of nitrogens with zero attached hydrogens (tertiary/aromatic N) is 1. The fourth-order valence-corrected chi connectivity index (χ4v) is 7.33. The van der Waals surface area contributed by atoms with Gasteiger partial charge in [0.15, 0.2) is 5.78 Å².